The third kappa shape index (κ3) is 4.38. The first-order valence-corrected chi connectivity index (χ1v) is 5.21. The highest BCUT2D eigenvalue weighted by Gasteiger charge is 2.25. The minimum absolute atomic E-state index is 0.143. The molecule has 7 nitrogen and oxygen atoms in total. The number of carbonyl (C=O) groups is 2. The second-order valence-corrected chi connectivity index (χ2v) is 4.19. The van der Waals surface area contributed by atoms with E-state index in [0.717, 1.165) is 6.07 Å². The summed E-state index contributed by atoms with van der Waals surface area (Å²) in [5.74, 6) is -1.71. The average molecular weight is 254 g/mol. The molecule has 18 heavy (non-hydrogen) atoms. The fourth-order valence-electron chi connectivity index (χ4n) is 1.35. The molecule has 7 heteroatoms. The zero-order valence-electron chi connectivity index (χ0n) is 9.77. The lowest BCUT2D eigenvalue weighted by Gasteiger charge is -2.21. The molecule has 1 aromatic heterocycles. The van der Waals surface area contributed by atoms with Gasteiger partial charge in [0.2, 0.25) is 5.56 Å². The van der Waals surface area contributed by atoms with Crippen LogP contribution in [0.15, 0.2) is 23.1 Å². The lowest BCUT2D eigenvalue weighted by atomic mass is 10.0. The first-order valence-electron chi connectivity index (χ1n) is 5.21. The van der Waals surface area contributed by atoms with E-state index in [9.17, 15) is 19.5 Å². The Morgan fingerprint density at radius 3 is 2.72 bits per heavy atom. The molecule has 0 saturated heterocycles. The molecule has 0 saturated carbocycles. The van der Waals surface area contributed by atoms with Crippen molar-refractivity contribution in [2.45, 2.75) is 18.9 Å². The molecular formula is C11H14N2O5. The van der Waals surface area contributed by atoms with Gasteiger partial charge in [0.25, 0.3) is 5.91 Å². The quantitative estimate of drug-likeness (QED) is 0.555. The number of aliphatic carboxylic acids is 1. The molecule has 1 amide bonds. The van der Waals surface area contributed by atoms with Gasteiger partial charge in [-0.2, -0.15) is 0 Å². The van der Waals surface area contributed by atoms with E-state index in [2.05, 4.69) is 10.3 Å². The summed E-state index contributed by atoms with van der Waals surface area (Å²) in [5, 5.41) is 20.6. The summed E-state index contributed by atoms with van der Waals surface area (Å²) in [6.07, 6.45) is 0.843. The van der Waals surface area contributed by atoms with Crippen LogP contribution in [0.4, 0.5) is 0 Å². The summed E-state index contributed by atoms with van der Waals surface area (Å²) < 4.78 is 0. The van der Waals surface area contributed by atoms with Gasteiger partial charge in [-0.25, -0.2) is 0 Å². The number of carboxylic acid groups (broad SMARTS) is 1. The Hall–Kier alpha value is -2.15. The van der Waals surface area contributed by atoms with Crippen LogP contribution in [0.25, 0.3) is 0 Å². The number of pyridine rings is 1. The van der Waals surface area contributed by atoms with Gasteiger partial charge in [0.05, 0.1) is 12.0 Å². The molecule has 98 valence electrons. The number of H-pyrrole nitrogens is 1. The number of aromatic nitrogens is 1. The standard InChI is InChI=1S/C11H14N2O5/c1-11(18,5-9(15)16)6-13-10(17)7-2-3-12-8(14)4-7/h2-4,18H,5-6H2,1H3,(H,12,14)(H,13,17)(H,15,16). The molecular weight excluding hydrogens is 240 g/mol. The van der Waals surface area contributed by atoms with Gasteiger partial charge >= 0.3 is 5.97 Å². The maximum Gasteiger partial charge on any atom is 0.306 e. The molecule has 0 aliphatic carbocycles. The highest BCUT2D eigenvalue weighted by Crippen LogP contribution is 2.07. The molecule has 1 unspecified atom stereocenters. The SMILES string of the molecule is CC(O)(CNC(=O)c1cc[nH]c(=O)c1)CC(=O)O. The largest absolute Gasteiger partial charge is 0.481 e. The van der Waals surface area contributed by atoms with Crippen molar-refractivity contribution in [3.63, 3.8) is 0 Å². The first-order chi connectivity index (χ1) is 8.30. The molecule has 0 aliphatic rings. The van der Waals surface area contributed by atoms with E-state index in [1.165, 1.54) is 19.2 Å². The van der Waals surface area contributed by atoms with E-state index < -0.39 is 29.5 Å². The summed E-state index contributed by atoms with van der Waals surface area (Å²) in [5.41, 5.74) is -1.81. The van der Waals surface area contributed by atoms with Crippen LogP contribution in [0, 0.1) is 0 Å². The second-order valence-electron chi connectivity index (χ2n) is 4.19. The van der Waals surface area contributed by atoms with Crippen molar-refractivity contribution >= 4 is 11.9 Å². The van der Waals surface area contributed by atoms with Crippen LogP contribution in [0.3, 0.4) is 0 Å². The maximum absolute atomic E-state index is 11.6. The van der Waals surface area contributed by atoms with Gasteiger partial charge in [-0.3, -0.25) is 14.4 Å². The zero-order chi connectivity index (χ0) is 13.8. The van der Waals surface area contributed by atoms with Gasteiger partial charge in [-0.05, 0) is 13.0 Å². The Balaban J connectivity index is 2.61. The summed E-state index contributed by atoms with van der Waals surface area (Å²) in [6.45, 7) is 1.09. The molecule has 0 radical (unpaired) electrons. The smallest absolute Gasteiger partial charge is 0.306 e. The van der Waals surface area contributed by atoms with Crippen LogP contribution in [-0.4, -0.2) is 39.2 Å². The predicted octanol–water partition coefficient (Wildman–Crippen LogP) is -0.670. The molecule has 0 aliphatic heterocycles. The summed E-state index contributed by atoms with van der Waals surface area (Å²) >= 11 is 0. The fourth-order valence-corrected chi connectivity index (χ4v) is 1.35. The highest BCUT2D eigenvalue weighted by atomic mass is 16.4. The molecule has 1 aromatic rings. The fraction of sp³-hybridized carbons (Fsp3) is 0.364. The van der Waals surface area contributed by atoms with Crippen molar-refractivity contribution in [1.82, 2.24) is 10.3 Å². The van der Waals surface area contributed by atoms with E-state index in [1.807, 2.05) is 0 Å². The number of carbonyl (C=O) groups excluding carboxylic acids is 1. The van der Waals surface area contributed by atoms with Crippen LogP contribution >= 0.6 is 0 Å². The van der Waals surface area contributed by atoms with Crippen molar-refractivity contribution in [2.24, 2.45) is 0 Å². The first kappa shape index (κ1) is 13.9. The molecule has 0 bridgehead atoms. The Morgan fingerprint density at radius 1 is 1.50 bits per heavy atom. The van der Waals surface area contributed by atoms with Gasteiger partial charge in [0, 0.05) is 24.4 Å². The molecule has 1 atom stereocenters. The normalized spacial score (nSPS) is 13.7. The van der Waals surface area contributed by atoms with Gasteiger partial charge < -0.3 is 20.5 Å². The number of amides is 1. The third-order valence-corrected chi connectivity index (χ3v) is 2.20. The number of aromatic amines is 1. The van der Waals surface area contributed by atoms with E-state index >= 15 is 0 Å². The van der Waals surface area contributed by atoms with Crippen molar-refractivity contribution in [3.05, 3.63) is 34.2 Å². The van der Waals surface area contributed by atoms with Gasteiger partial charge in [0.1, 0.15) is 0 Å². The molecule has 0 fully saturated rings. The second kappa shape index (κ2) is 5.46. The van der Waals surface area contributed by atoms with Crippen molar-refractivity contribution in [3.8, 4) is 0 Å². The molecule has 4 N–H and O–H groups in total. The Labute approximate surface area is 102 Å². The summed E-state index contributed by atoms with van der Waals surface area (Å²) in [7, 11) is 0. The van der Waals surface area contributed by atoms with Crippen molar-refractivity contribution < 1.29 is 19.8 Å². The topological polar surface area (TPSA) is 119 Å². The maximum atomic E-state index is 11.6. The number of hydrogen-bond acceptors (Lipinski definition) is 4. The third-order valence-electron chi connectivity index (χ3n) is 2.20. The molecule has 0 spiro atoms. The van der Waals surface area contributed by atoms with Gasteiger partial charge in [0.15, 0.2) is 0 Å². The number of carboxylic acids is 1. The number of hydrogen-bond donors (Lipinski definition) is 4. The molecule has 1 heterocycles. The number of rotatable bonds is 5. The van der Waals surface area contributed by atoms with Crippen LogP contribution < -0.4 is 10.9 Å². The van der Waals surface area contributed by atoms with Crippen molar-refractivity contribution in [2.75, 3.05) is 6.54 Å². The van der Waals surface area contributed by atoms with Gasteiger partial charge in [-0.1, -0.05) is 0 Å². The lowest BCUT2D eigenvalue weighted by molar-refractivity contribution is -0.141. The van der Waals surface area contributed by atoms with Crippen molar-refractivity contribution in [1.29, 1.82) is 0 Å². The van der Waals surface area contributed by atoms with Crippen LogP contribution in [0.1, 0.15) is 23.7 Å². The molecule has 1 rings (SSSR count). The van der Waals surface area contributed by atoms with E-state index in [1.54, 1.807) is 0 Å². The summed E-state index contributed by atoms with van der Waals surface area (Å²) in [6, 6.07) is 2.52. The van der Waals surface area contributed by atoms with E-state index in [4.69, 9.17) is 5.11 Å². The lowest BCUT2D eigenvalue weighted by Crippen LogP contribution is -2.42. The zero-order valence-corrected chi connectivity index (χ0v) is 9.77. The minimum atomic E-state index is -1.54. The van der Waals surface area contributed by atoms with E-state index in [-0.39, 0.29) is 12.1 Å². The van der Waals surface area contributed by atoms with Crippen LogP contribution in [-0.2, 0) is 4.79 Å². The average Bonchev–Trinajstić information content (AvgIpc) is 2.24. The van der Waals surface area contributed by atoms with E-state index in [0.29, 0.717) is 0 Å². The Bertz CT molecular complexity index is 506. The Kier molecular flexibility index (Phi) is 4.22. The van der Waals surface area contributed by atoms with Crippen LogP contribution in [0.5, 0.6) is 0 Å². The highest BCUT2D eigenvalue weighted by molar-refractivity contribution is 5.94. The molecule has 0 aromatic carbocycles. The monoisotopic (exact) mass is 254 g/mol. The Morgan fingerprint density at radius 2 is 2.17 bits per heavy atom. The number of nitrogens with one attached hydrogen (secondary N) is 2. The van der Waals surface area contributed by atoms with Crippen LogP contribution in [0.2, 0.25) is 0 Å². The van der Waals surface area contributed by atoms with Gasteiger partial charge in [-0.15, -0.1) is 0 Å². The number of aliphatic hydroxyl groups is 1. The summed E-state index contributed by atoms with van der Waals surface area (Å²) in [4.78, 5) is 35.4. The minimum Gasteiger partial charge on any atom is -0.481 e. The predicted molar refractivity (Wildman–Crippen MR) is 62.3 cm³/mol.